The molecular weight excluding hydrogens is 164 g/mol. The molecule has 1 atom stereocenters. The molecule has 13 heavy (non-hydrogen) atoms. The van der Waals surface area contributed by atoms with Gasteiger partial charge in [-0.1, -0.05) is 24.0 Å². The van der Waals surface area contributed by atoms with E-state index in [-0.39, 0.29) is 0 Å². The molecule has 2 heteroatoms. The predicted octanol–water partition coefficient (Wildman–Crippen LogP) is 1.99. The van der Waals surface area contributed by atoms with E-state index >= 15 is 0 Å². The molecule has 0 radical (unpaired) electrons. The quantitative estimate of drug-likeness (QED) is 0.377. The Labute approximate surface area is 78.0 Å². The van der Waals surface area contributed by atoms with E-state index in [0.29, 0.717) is 5.92 Å². The topological polar surface area (TPSA) is 37.3 Å². The molecule has 0 saturated carbocycles. The molecule has 0 aliphatic heterocycles. The molecule has 0 aromatic heterocycles. The third-order valence-electron chi connectivity index (χ3n) is 1.83. The third-order valence-corrected chi connectivity index (χ3v) is 1.83. The average Bonchev–Trinajstić information content (AvgIpc) is 2.14. The Morgan fingerprint density at radius 1 is 1.62 bits per heavy atom. The lowest BCUT2D eigenvalue weighted by Gasteiger charge is -2.08. The van der Waals surface area contributed by atoms with Crippen LogP contribution in [0.4, 0.5) is 0 Å². The molecule has 0 aromatic carbocycles. The standard InChI is InChI=1S/C11H12O2/c12-11(13)9-5-4-8-10-6-2-1-3-7-10/h2,5-6,9-10H,1,3,7H2,(H,12,13)/b9-5+. The molecular formula is C11H12O2. The van der Waals surface area contributed by atoms with E-state index in [1.165, 1.54) is 12.5 Å². The smallest absolute Gasteiger partial charge is 0.328 e. The highest BCUT2D eigenvalue weighted by molar-refractivity contribution is 5.80. The number of aliphatic carboxylic acids is 1. The van der Waals surface area contributed by atoms with Gasteiger partial charge in [0.25, 0.3) is 0 Å². The van der Waals surface area contributed by atoms with Crippen LogP contribution in [0.2, 0.25) is 0 Å². The van der Waals surface area contributed by atoms with Crippen LogP contribution < -0.4 is 0 Å². The molecule has 0 amide bonds. The first-order valence-electron chi connectivity index (χ1n) is 4.36. The first-order valence-corrected chi connectivity index (χ1v) is 4.36. The van der Waals surface area contributed by atoms with Gasteiger partial charge < -0.3 is 5.11 Å². The van der Waals surface area contributed by atoms with Gasteiger partial charge >= 0.3 is 5.97 Å². The lowest BCUT2D eigenvalue weighted by atomic mass is 9.97. The summed E-state index contributed by atoms with van der Waals surface area (Å²) in [5.41, 5.74) is 0. The summed E-state index contributed by atoms with van der Waals surface area (Å²) in [6, 6.07) is 0. The molecule has 0 heterocycles. The number of carboxylic acids is 1. The van der Waals surface area contributed by atoms with Gasteiger partial charge in [0.05, 0.1) is 0 Å². The number of carboxylic acid groups (broad SMARTS) is 1. The molecule has 1 rings (SSSR count). The van der Waals surface area contributed by atoms with Crippen LogP contribution in [0.15, 0.2) is 24.3 Å². The molecule has 0 bridgehead atoms. The van der Waals surface area contributed by atoms with Crippen molar-refractivity contribution >= 4 is 5.97 Å². The van der Waals surface area contributed by atoms with Gasteiger partial charge in [0, 0.05) is 12.0 Å². The minimum absolute atomic E-state index is 0.312. The monoisotopic (exact) mass is 176 g/mol. The molecule has 1 unspecified atom stereocenters. The van der Waals surface area contributed by atoms with Crippen molar-refractivity contribution in [3.63, 3.8) is 0 Å². The first-order chi connectivity index (χ1) is 6.29. The Hall–Kier alpha value is -1.49. The van der Waals surface area contributed by atoms with Crippen molar-refractivity contribution in [2.24, 2.45) is 5.92 Å². The van der Waals surface area contributed by atoms with Crippen LogP contribution >= 0.6 is 0 Å². The van der Waals surface area contributed by atoms with Crippen molar-refractivity contribution in [1.82, 2.24) is 0 Å². The summed E-state index contributed by atoms with van der Waals surface area (Å²) in [5, 5.41) is 8.28. The van der Waals surface area contributed by atoms with E-state index < -0.39 is 5.97 Å². The van der Waals surface area contributed by atoms with Gasteiger partial charge in [0.1, 0.15) is 0 Å². The summed E-state index contributed by atoms with van der Waals surface area (Å²) in [6.07, 6.45) is 10.1. The van der Waals surface area contributed by atoms with E-state index in [2.05, 4.69) is 24.0 Å². The molecule has 0 spiro atoms. The average molecular weight is 176 g/mol. The number of allylic oxidation sites excluding steroid dienone is 3. The zero-order valence-electron chi connectivity index (χ0n) is 7.36. The Bertz CT molecular complexity index is 289. The van der Waals surface area contributed by atoms with E-state index in [1.807, 2.05) is 0 Å². The fourth-order valence-corrected chi connectivity index (χ4v) is 1.20. The SMILES string of the molecule is O=C(O)/C=C/C#CC1C=CCCC1. The highest BCUT2D eigenvalue weighted by atomic mass is 16.4. The Morgan fingerprint density at radius 3 is 3.08 bits per heavy atom. The predicted molar refractivity (Wildman–Crippen MR) is 51.0 cm³/mol. The van der Waals surface area contributed by atoms with Crippen molar-refractivity contribution in [1.29, 1.82) is 0 Å². The minimum Gasteiger partial charge on any atom is -0.478 e. The first kappa shape index (κ1) is 9.60. The summed E-state index contributed by atoms with van der Waals surface area (Å²) in [6.45, 7) is 0. The third kappa shape index (κ3) is 4.17. The summed E-state index contributed by atoms with van der Waals surface area (Å²) < 4.78 is 0. The Balaban J connectivity index is 2.41. The number of hydrogen-bond donors (Lipinski definition) is 1. The Kier molecular flexibility index (Phi) is 3.84. The fourth-order valence-electron chi connectivity index (χ4n) is 1.20. The van der Waals surface area contributed by atoms with Gasteiger partial charge in [-0.25, -0.2) is 4.79 Å². The van der Waals surface area contributed by atoms with Crippen molar-refractivity contribution in [3.8, 4) is 11.8 Å². The maximum absolute atomic E-state index is 10.1. The van der Waals surface area contributed by atoms with Crippen molar-refractivity contribution in [3.05, 3.63) is 24.3 Å². The summed E-state index contributed by atoms with van der Waals surface area (Å²) in [7, 11) is 0. The van der Waals surface area contributed by atoms with E-state index in [4.69, 9.17) is 5.11 Å². The highest BCUT2D eigenvalue weighted by Gasteiger charge is 2.02. The second-order valence-corrected chi connectivity index (χ2v) is 2.93. The van der Waals surface area contributed by atoms with Gasteiger partial charge in [-0.15, -0.1) is 0 Å². The lowest BCUT2D eigenvalue weighted by molar-refractivity contribution is -0.131. The zero-order valence-corrected chi connectivity index (χ0v) is 7.36. The maximum atomic E-state index is 10.1. The van der Waals surface area contributed by atoms with Crippen LogP contribution in [-0.4, -0.2) is 11.1 Å². The Morgan fingerprint density at radius 2 is 2.46 bits per heavy atom. The van der Waals surface area contributed by atoms with Crippen LogP contribution in [-0.2, 0) is 4.79 Å². The van der Waals surface area contributed by atoms with Crippen LogP contribution in [0, 0.1) is 17.8 Å². The fraction of sp³-hybridized carbons (Fsp3) is 0.364. The molecule has 2 nitrogen and oxygen atoms in total. The lowest BCUT2D eigenvalue weighted by Crippen LogP contribution is -1.96. The summed E-state index contributed by atoms with van der Waals surface area (Å²) in [4.78, 5) is 10.1. The molecule has 1 N–H and O–H groups in total. The number of carbonyl (C=O) groups is 1. The van der Waals surface area contributed by atoms with E-state index in [9.17, 15) is 4.79 Å². The number of rotatable bonds is 1. The summed E-state index contributed by atoms with van der Waals surface area (Å²) in [5.74, 6) is 5.08. The maximum Gasteiger partial charge on any atom is 0.328 e. The van der Waals surface area contributed by atoms with Gasteiger partial charge in [-0.05, 0) is 25.3 Å². The van der Waals surface area contributed by atoms with Crippen molar-refractivity contribution in [2.45, 2.75) is 19.3 Å². The minimum atomic E-state index is -0.950. The normalized spacial score (nSPS) is 21.1. The second-order valence-electron chi connectivity index (χ2n) is 2.93. The van der Waals surface area contributed by atoms with Crippen LogP contribution in [0.3, 0.4) is 0 Å². The van der Waals surface area contributed by atoms with Crippen LogP contribution in [0.5, 0.6) is 0 Å². The molecule has 68 valence electrons. The van der Waals surface area contributed by atoms with Crippen molar-refractivity contribution < 1.29 is 9.90 Å². The molecule has 0 fully saturated rings. The van der Waals surface area contributed by atoms with Crippen LogP contribution in [0.25, 0.3) is 0 Å². The van der Waals surface area contributed by atoms with E-state index in [0.717, 1.165) is 18.9 Å². The second kappa shape index (κ2) is 5.21. The molecule has 0 saturated heterocycles. The van der Waals surface area contributed by atoms with E-state index in [1.54, 1.807) is 0 Å². The zero-order chi connectivity index (χ0) is 9.52. The number of hydrogen-bond acceptors (Lipinski definition) is 1. The van der Waals surface area contributed by atoms with Gasteiger partial charge in [-0.3, -0.25) is 0 Å². The van der Waals surface area contributed by atoms with Crippen LogP contribution in [0.1, 0.15) is 19.3 Å². The molecule has 0 aromatic rings. The molecule has 1 aliphatic carbocycles. The molecule has 1 aliphatic rings. The van der Waals surface area contributed by atoms with Gasteiger partial charge in [0.2, 0.25) is 0 Å². The largest absolute Gasteiger partial charge is 0.478 e. The highest BCUT2D eigenvalue weighted by Crippen LogP contribution is 2.15. The van der Waals surface area contributed by atoms with Gasteiger partial charge in [0.15, 0.2) is 0 Å². The summed E-state index contributed by atoms with van der Waals surface area (Å²) >= 11 is 0. The van der Waals surface area contributed by atoms with Gasteiger partial charge in [-0.2, -0.15) is 0 Å². The van der Waals surface area contributed by atoms with Crippen molar-refractivity contribution in [2.75, 3.05) is 0 Å².